The molecule has 1 aromatic carbocycles. The van der Waals surface area contributed by atoms with Gasteiger partial charge in [0.15, 0.2) is 5.65 Å². The van der Waals surface area contributed by atoms with Crippen molar-refractivity contribution in [2.75, 3.05) is 31.6 Å². The molecule has 0 radical (unpaired) electrons. The van der Waals surface area contributed by atoms with Gasteiger partial charge in [-0.2, -0.15) is 5.26 Å². The van der Waals surface area contributed by atoms with Crippen LogP contribution in [0, 0.1) is 22.7 Å². The minimum atomic E-state index is -0.248. The molecule has 3 aromatic rings. The number of rotatable bonds is 9. The highest BCUT2D eigenvalue weighted by molar-refractivity contribution is 6.31. The van der Waals surface area contributed by atoms with Gasteiger partial charge in [-0.1, -0.05) is 11.6 Å². The molecule has 5 N–H and O–H groups in total. The Morgan fingerprint density at radius 2 is 2.16 bits per heavy atom. The Balaban J connectivity index is 0.000000405. The van der Waals surface area contributed by atoms with Gasteiger partial charge in [0.1, 0.15) is 11.2 Å². The number of halogens is 1. The first-order valence-corrected chi connectivity index (χ1v) is 12.1. The lowest BCUT2D eigenvalue weighted by Gasteiger charge is -2.31. The van der Waals surface area contributed by atoms with Gasteiger partial charge in [-0.25, -0.2) is 9.97 Å². The predicted molar refractivity (Wildman–Crippen MR) is 141 cm³/mol. The van der Waals surface area contributed by atoms with Gasteiger partial charge in [0, 0.05) is 54.8 Å². The molecule has 12 heteroatoms. The standard InChI is InChI=1S/C20H23ClN6O2.C5H6N2O/c1-11(2)26-20(29)14-9-24-19-18(14)27-16(10-25-19)17(22)13-5-4-12(21)8-15(13)23-6-3-7-28;6-1-5-2-7(3-5)4-8/h4-5,8-11,22-23,28H,3,6-7H2,1-2H3,(H,24,25)(H,26,29);4-5H,2-3H2. The molecule has 0 atom stereocenters. The topological polar surface area (TPSA) is 171 Å². The minimum Gasteiger partial charge on any atom is -0.396 e. The van der Waals surface area contributed by atoms with Gasteiger partial charge in [-0.15, -0.1) is 0 Å². The Hall–Kier alpha value is -4.01. The average Bonchev–Trinajstić information content (AvgIpc) is 3.27. The van der Waals surface area contributed by atoms with Crippen molar-refractivity contribution in [3.8, 4) is 6.07 Å². The van der Waals surface area contributed by atoms with Crippen LogP contribution < -0.4 is 10.6 Å². The third kappa shape index (κ3) is 7.03. The Bertz CT molecular complexity index is 1310. The number of likely N-dealkylation sites (tertiary alicyclic amines) is 1. The molecular formula is C25H29ClN8O3. The smallest absolute Gasteiger partial charge is 0.255 e. The Kier molecular flexibility index (Phi) is 9.54. The molecule has 194 valence electrons. The molecule has 0 unspecified atom stereocenters. The van der Waals surface area contributed by atoms with E-state index in [1.807, 2.05) is 13.8 Å². The molecule has 1 fully saturated rings. The number of hydrogen-bond acceptors (Lipinski definition) is 8. The highest BCUT2D eigenvalue weighted by atomic mass is 35.5. The van der Waals surface area contributed by atoms with E-state index in [1.54, 1.807) is 29.3 Å². The van der Waals surface area contributed by atoms with Crippen LogP contribution in [0.1, 0.15) is 41.9 Å². The summed E-state index contributed by atoms with van der Waals surface area (Å²) in [4.78, 5) is 35.6. The number of hydrogen-bond donors (Lipinski definition) is 5. The van der Waals surface area contributed by atoms with Crippen molar-refractivity contribution in [3.63, 3.8) is 0 Å². The van der Waals surface area contributed by atoms with Crippen molar-refractivity contribution >= 4 is 46.5 Å². The summed E-state index contributed by atoms with van der Waals surface area (Å²) in [5, 5.41) is 32.4. The van der Waals surface area contributed by atoms with Crippen molar-refractivity contribution in [2.24, 2.45) is 5.92 Å². The number of amides is 2. The van der Waals surface area contributed by atoms with Crippen LogP contribution in [0.5, 0.6) is 0 Å². The molecule has 0 bridgehead atoms. The number of aliphatic hydroxyl groups excluding tert-OH is 1. The van der Waals surface area contributed by atoms with Crippen LogP contribution in [0.15, 0.2) is 30.6 Å². The Morgan fingerprint density at radius 1 is 1.41 bits per heavy atom. The molecular weight excluding hydrogens is 496 g/mol. The zero-order valence-electron chi connectivity index (χ0n) is 20.6. The van der Waals surface area contributed by atoms with E-state index >= 15 is 0 Å². The first-order valence-electron chi connectivity index (χ1n) is 11.7. The second kappa shape index (κ2) is 12.8. The normalized spacial score (nSPS) is 12.8. The van der Waals surface area contributed by atoms with Crippen molar-refractivity contribution in [2.45, 2.75) is 26.3 Å². The van der Waals surface area contributed by atoms with Gasteiger partial charge in [0.25, 0.3) is 5.91 Å². The van der Waals surface area contributed by atoms with E-state index in [2.05, 4.69) is 31.7 Å². The van der Waals surface area contributed by atoms with Gasteiger partial charge >= 0.3 is 0 Å². The number of aliphatic hydroxyl groups is 1. The van der Waals surface area contributed by atoms with Gasteiger partial charge in [0.2, 0.25) is 6.41 Å². The maximum Gasteiger partial charge on any atom is 0.255 e. The molecule has 0 aliphatic carbocycles. The number of nitrogens with one attached hydrogen (secondary N) is 4. The molecule has 4 rings (SSSR count). The van der Waals surface area contributed by atoms with Crippen LogP contribution in [0.4, 0.5) is 5.69 Å². The fraction of sp³-hybridized carbons (Fsp3) is 0.360. The maximum atomic E-state index is 12.4. The van der Waals surface area contributed by atoms with Crippen LogP contribution in [0.3, 0.4) is 0 Å². The number of carbonyl (C=O) groups is 2. The third-order valence-corrected chi connectivity index (χ3v) is 5.68. The van der Waals surface area contributed by atoms with Crippen LogP contribution in [-0.2, 0) is 4.79 Å². The zero-order chi connectivity index (χ0) is 26.9. The summed E-state index contributed by atoms with van der Waals surface area (Å²) in [7, 11) is 0. The van der Waals surface area contributed by atoms with Gasteiger partial charge in [0.05, 0.1) is 29.5 Å². The molecule has 0 saturated carbocycles. The molecule has 2 amide bonds. The van der Waals surface area contributed by atoms with Crippen molar-refractivity contribution in [1.82, 2.24) is 25.2 Å². The summed E-state index contributed by atoms with van der Waals surface area (Å²) in [5.41, 5.74) is 3.03. The average molecular weight is 525 g/mol. The van der Waals surface area contributed by atoms with Crippen molar-refractivity contribution < 1.29 is 14.7 Å². The lowest BCUT2D eigenvalue weighted by molar-refractivity contribution is -0.122. The Morgan fingerprint density at radius 3 is 2.81 bits per heavy atom. The van der Waals surface area contributed by atoms with Crippen molar-refractivity contribution in [1.29, 1.82) is 10.7 Å². The number of carbonyl (C=O) groups excluding carboxylic acids is 2. The Labute approximate surface area is 219 Å². The second-order valence-corrected chi connectivity index (χ2v) is 9.17. The first kappa shape index (κ1) is 27.6. The van der Waals surface area contributed by atoms with E-state index in [0.29, 0.717) is 64.7 Å². The van der Waals surface area contributed by atoms with Crippen LogP contribution in [0.2, 0.25) is 5.02 Å². The van der Waals surface area contributed by atoms with Crippen LogP contribution in [0.25, 0.3) is 11.2 Å². The number of aromatic amines is 1. The summed E-state index contributed by atoms with van der Waals surface area (Å²) in [6.07, 6.45) is 4.41. The molecule has 1 aliphatic rings. The molecule has 3 heterocycles. The van der Waals surface area contributed by atoms with E-state index in [-0.39, 0.29) is 30.2 Å². The third-order valence-electron chi connectivity index (χ3n) is 5.44. The number of H-pyrrole nitrogens is 1. The highest BCUT2D eigenvalue weighted by Crippen LogP contribution is 2.24. The molecule has 2 aromatic heterocycles. The largest absolute Gasteiger partial charge is 0.396 e. The number of nitrogens with zero attached hydrogens (tertiary/aromatic N) is 4. The molecule has 11 nitrogen and oxygen atoms in total. The summed E-state index contributed by atoms with van der Waals surface area (Å²) in [5.74, 6) is -0.151. The number of aromatic nitrogens is 3. The van der Waals surface area contributed by atoms with E-state index in [4.69, 9.17) is 27.4 Å². The molecule has 1 saturated heterocycles. The quantitative estimate of drug-likeness (QED) is 0.162. The van der Waals surface area contributed by atoms with Gasteiger partial charge in [-0.05, 0) is 38.5 Å². The lowest BCUT2D eigenvalue weighted by Crippen LogP contribution is -2.44. The van der Waals surface area contributed by atoms with Crippen molar-refractivity contribution in [3.05, 3.63) is 52.4 Å². The number of anilines is 1. The molecule has 0 spiro atoms. The zero-order valence-corrected chi connectivity index (χ0v) is 21.3. The highest BCUT2D eigenvalue weighted by Gasteiger charge is 2.24. The lowest BCUT2D eigenvalue weighted by atomic mass is 10.0. The predicted octanol–water partition coefficient (Wildman–Crippen LogP) is 2.56. The molecule has 37 heavy (non-hydrogen) atoms. The van der Waals surface area contributed by atoms with Gasteiger partial charge in [-0.3, -0.25) is 15.0 Å². The van der Waals surface area contributed by atoms with Crippen LogP contribution in [-0.4, -0.2) is 75.3 Å². The summed E-state index contributed by atoms with van der Waals surface area (Å²) in [6, 6.07) is 7.22. The second-order valence-electron chi connectivity index (χ2n) is 8.74. The minimum absolute atomic E-state index is 0.0106. The number of fused-ring (bicyclic) bond motifs is 1. The van der Waals surface area contributed by atoms with E-state index in [0.717, 1.165) is 6.41 Å². The summed E-state index contributed by atoms with van der Waals surface area (Å²) in [6.45, 7) is 5.62. The maximum absolute atomic E-state index is 12.4. The van der Waals surface area contributed by atoms with Crippen LogP contribution >= 0.6 is 11.6 Å². The van der Waals surface area contributed by atoms with E-state index in [9.17, 15) is 9.59 Å². The monoisotopic (exact) mass is 524 g/mol. The number of benzene rings is 1. The van der Waals surface area contributed by atoms with E-state index < -0.39 is 0 Å². The molecule has 1 aliphatic heterocycles. The fourth-order valence-corrected chi connectivity index (χ4v) is 3.70. The number of nitriles is 1. The van der Waals surface area contributed by atoms with E-state index in [1.165, 1.54) is 6.20 Å². The summed E-state index contributed by atoms with van der Waals surface area (Å²) >= 11 is 6.10. The SMILES string of the molecule is CC(C)NC(=O)c1c[nH]c2ncc(C(=N)c3ccc(Cl)cc3NCCCO)nc12.N#CC1CN(C=O)C1. The summed E-state index contributed by atoms with van der Waals surface area (Å²) < 4.78 is 0. The fourth-order valence-electron chi connectivity index (χ4n) is 3.53. The first-order chi connectivity index (χ1) is 17.8. The van der Waals surface area contributed by atoms with Gasteiger partial charge < -0.3 is 25.6 Å².